The van der Waals surface area contributed by atoms with Crippen LogP contribution in [0.5, 0.6) is 17.2 Å². The fraction of sp³-hybridized carbons (Fsp3) is 0.167. The second kappa shape index (κ2) is 8.87. The van der Waals surface area contributed by atoms with Gasteiger partial charge in [-0.2, -0.15) is 0 Å². The third-order valence-electron chi connectivity index (χ3n) is 5.34. The lowest BCUT2D eigenvalue weighted by Crippen LogP contribution is -2.35. The van der Waals surface area contributed by atoms with Crippen molar-refractivity contribution in [2.45, 2.75) is 13.1 Å². The summed E-state index contributed by atoms with van der Waals surface area (Å²) in [6.07, 6.45) is 1.61. The Morgan fingerprint density at radius 2 is 1.94 bits per heavy atom. The molecule has 0 fully saturated rings. The molecule has 33 heavy (non-hydrogen) atoms. The lowest BCUT2D eigenvalue weighted by Gasteiger charge is -2.25. The normalized spacial score (nSPS) is 12.0. The lowest BCUT2D eigenvalue weighted by molar-refractivity contribution is 0.174. The summed E-state index contributed by atoms with van der Waals surface area (Å²) >= 11 is 5.71. The van der Waals surface area contributed by atoms with E-state index in [2.05, 4.69) is 10.3 Å². The Kier molecular flexibility index (Phi) is 5.62. The van der Waals surface area contributed by atoms with Crippen LogP contribution in [-0.4, -0.2) is 28.9 Å². The first-order valence-electron chi connectivity index (χ1n) is 10.3. The Bertz CT molecular complexity index is 1370. The van der Waals surface area contributed by atoms with Crippen LogP contribution >= 0.6 is 12.2 Å². The SMILES string of the molecule is COc1ccccc1NC(=S)N(Cc1ccco1)Cc1cc2cc3c(cc2[nH]c1=O)OCO3. The first-order chi connectivity index (χ1) is 16.1. The molecule has 0 unspecified atom stereocenters. The first-order valence-corrected chi connectivity index (χ1v) is 10.7. The molecular formula is C24H21N3O5S. The van der Waals surface area contributed by atoms with Gasteiger partial charge >= 0.3 is 0 Å². The predicted molar refractivity (Wildman–Crippen MR) is 128 cm³/mol. The van der Waals surface area contributed by atoms with Gasteiger partial charge in [-0.05, 0) is 48.6 Å². The van der Waals surface area contributed by atoms with E-state index >= 15 is 0 Å². The van der Waals surface area contributed by atoms with Crippen molar-refractivity contribution in [3.8, 4) is 17.2 Å². The zero-order valence-corrected chi connectivity index (χ0v) is 18.6. The molecule has 8 nitrogen and oxygen atoms in total. The number of H-pyrrole nitrogens is 1. The third kappa shape index (κ3) is 4.35. The number of hydrogen-bond acceptors (Lipinski definition) is 6. The van der Waals surface area contributed by atoms with E-state index in [1.54, 1.807) is 19.4 Å². The monoisotopic (exact) mass is 463 g/mol. The summed E-state index contributed by atoms with van der Waals surface area (Å²) in [4.78, 5) is 17.7. The minimum Gasteiger partial charge on any atom is -0.495 e. The molecule has 168 valence electrons. The third-order valence-corrected chi connectivity index (χ3v) is 5.70. The van der Waals surface area contributed by atoms with Gasteiger partial charge in [-0.15, -0.1) is 0 Å². The molecule has 2 aromatic carbocycles. The molecule has 1 aliphatic rings. The van der Waals surface area contributed by atoms with Crippen molar-refractivity contribution in [3.63, 3.8) is 0 Å². The van der Waals surface area contributed by atoms with Crippen molar-refractivity contribution in [2.24, 2.45) is 0 Å². The van der Waals surface area contributed by atoms with Crippen LogP contribution in [0.1, 0.15) is 11.3 Å². The van der Waals surface area contributed by atoms with Gasteiger partial charge in [-0.3, -0.25) is 4.79 Å². The van der Waals surface area contributed by atoms with Crippen molar-refractivity contribution in [1.29, 1.82) is 0 Å². The Morgan fingerprint density at radius 1 is 1.12 bits per heavy atom. The Balaban J connectivity index is 1.46. The summed E-state index contributed by atoms with van der Waals surface area (Å²) in [5, 5.41) is 4.50. The van der Waals surface area contributed by atoms with E-state index in [1.807, 2.05) is 53.4 Å². The number of hydrogen-bond donors (Lipinski definition) is 2. The zero-order chi connectivity index (χ0) is 22.8. The Hall–Kier alpha value is -3.98. The number of furan rings is 1. The van der Waals surface area contributed by atoms with Gasteiger partial charge in [0.25, 0.3) is 5.56 Å². The largest absolute Gasteiger partial charge is 0.495 e. The Morgan fingerprint density at radius 3 is 2.73 bits per heavy atom. The number of anilines is 1. The molecule has 0 bridgehead atoms. The molecule has 0 amide bonds. The number of aromatic nitrogens is 1. The Labute approximate surface area is 194 Å². The molecule has 0 saturated carbocycles. The molecule has 2 aromatic heterocycles. The van der Waals surface area contributed by atoms with Gasteiger partial charge in [0.2, 0.25) is 6.79 Å². The lowest BCUT2D eigenvalue weighted by atomic mass is 10.1. The summed E-state index contributed by atoms with van der Waals surface area (Å²) in [5.41, 5.74) is 1.76. The van der Waals surface area contributed by atoms with Gasteiger partial charge in [0.15, 0.2) is 16.6 Å². The highest BCUT2D eigenvalue weighted by atomic mass is 32.1. The van der Waals surface area contributed by atoms with E-state index in [-0.39, 0.29) is 18.9 Å². The summed E-state index contributed by atoms with van der Waals surface area (Å²) in [5.74, 6) is 2.66. The van der Waals surface area contributed by atoms with E-state index in [0.29, 0.717) is 40.0 Å². The van der Waals surface area contributed by atoms with Crippen LogP contribution in [0.15, 0.2) is 70.1 Å². The van der Waals surface area contributed by atoms with Crippen molar-refractivity contribution in [2.75, 3.05) is 19.2 Å². The molecule has 0 saturated heterocycles. The van der Waals surface area contributed by atoms with Crippen LogP contribution < -0.4 is 25.1 Å². The minimum atomic E-state index is -0.203. The quantitative estimate of drug-likeness (QED) is 0.410. The molecule has 3 heterocycles. The number of nitrogens with one attached hydrogen (secondary N) is 2. The average molecular weight is 464 g/mol. The highest BCUT2D eigenvalue weighted by Gasteiger charge is 2.19. The molecule has 1 aliphatic heterocycles. The standard InChI is InChI=1S/C24H21N3O5S/c1-29-20-7-3-2-6-18(20)26-24(33)27(13-17-5-4-8-30-17)12-16-9-15-10-21-22(32-14-31-21)11-19(15)25-23(16)28/h2-11H,12-14H2,1H3,(H,25,28)(H,26,33). The number of para-hydroxylation sites is 2. The number of methoxy groups -OCH3 is 1. The van der Waals surface area contributed by atoms with Gasteiger partial charge < -0.3 is 33.8 Å². The van der Waals surface area contributed by atoms with Crippen molar-refractivity contribution >= 4 is 33.9 Å². The van der Waals surface area contributed by atoms with E-state index in [1.165, 1.54) is 0 Å². The van der Waals surface area contributed by atoms with E-state index in [9.17, 15) is 4.79 Å². The maximum Gasteiger partial charge on any atom is 0.253 e. The van der Waals surface area contributed by atoms with Crippen molar-refractivity contribution in [1.82, 2.24) is 9.88 Å². The fourth-order valence-corrected chi connectivity index (χ4v) is 3.94. The number of pyridine rings is 1. The maximum absolute atomic E-state index is 12.9. The highest BCUT2D eigenvalue weighted by molar-refractivity contribution is 7.80. The molecule has 2 N–H and O–H groups in total. The van der Waals surface area contributed by atoms with Crippen LogP contribution in [0.2, 0.25) is 0 Å². The number of nitrogens with zero attached hydrogens (tertiary/aromatic N) is 1. The van der Waals surface area contributed by atoms with Gasteiger partial charge in [0.1, 0.15) is 11.5 Å². The molecule has 0 spiro atoms. The average Bonchev–Trinajstić information content (AvgIpc) is 3.49. The summed E-state index contributed by atoms with van der Waals surface area (Å²) in [7, 11) is 1.60. The highest BCUT2D eigenvalue weighted by Crippen LogP contribution is 2.35. The molecule has 4 aromatic rings. The zero-order valence-electron chi connectivity index (χ0n) is 17.8. The summed E-state index contributed by atoms with van der Waals surface area (Å²) in [6, 6.07) is 16.7. The van der Waals surface area contributed by atoms with Gasteiger partial charge in [-0.25, -0.2) is 0 Å². The number of rotatable bonds is 6. The van der Waals surface area contributed by atoms with Crippen LogP contribution in [0.25, 0.3) is 10.9 Å². The van der Waals surface area contributed by atoms with Crippen molar-refractivity contribution < 1.29 is 18.6 Å². The van der Waals surface area contributed by atoms with E-state index < -0.39 is 0 Å². The van der Waals surface area contributed by atoms with E-state index in [4.69, 9.17) is 30.8 Å². The topological polar surface area (TPSA) is 89.0 Å². The molecule has 0 aliphatic carbocycles. The minimum absolute atomic E-state index is 0.169. The number of benzene rings is 2. The summed E-state index contributed by atoms with van der Waals surface area (Å²) < 4.78 is 21.8. The predicted octanol–water partition coefficient (Wildman–Crippen LogP) is 4.26. The number of fused-ring (bicyclic) bond motifs is 2. The molecule has 9 heteroatoms. The maximum atomic E-state index is 12.9. The molecular weight excluding hydrogens is 442 g/mol. The van der Waals surface area contributed by atoms with Crippen LogP contribution in [0.3, 0.4) is 0 Å². The molecule has 5 rings (SSSR count). The number of ether oxygens (including phenoxy) is 3. The smallest absolute Gasteiger partial charge is 0.253 e. The van der Waals surface area contributed by atoms with Gasteiger partial charge in [-0.1, -0.05) is 12.1 Å². The number of aromatic amines is 1. The molecule has 0 atom stereocenters. The van der Waals surface area contributed by atoms with E-state index in [0.717, 1.165) is 16.8 Å². The van der Waals surface area contributed by atoms with Gasteiger partial charge in [0.05, 0.1) is 37.7 Å². The second-order valence-electron chi connectivity index (χ2n) is 7.48. The van der Waals surface area contributed by atoms with Crippen LogP contribution in [0.4, 0.5) is 5.69 Å². The van der Waals surface area contributed by atoms with Crippen LogP contribution in [-0.2, 0) is 13.1 Å². The second-order valence-corrected chi connectivity index (χ2v) is 7.87. The summed E-state index contributed by atoms with van der Waals surface area (Å²) in [6.45, 7) is 0.816. The molecule has 0 radical (unpaired) electrons. The first kappa shape index (κ1) is 20.9. The van der Waals surface area contributed by atoms with Gasteiger partial charge in [0, 0.05) is 17.0 Å². The number of thiocarbonyl (C=S) groups is 1. The fourth-order valence-electron chi connectivity index (χ4n) is 3.70. The van der Waals surface area contributed by atoms with Crippen LogP contribution in [0, 0.1) is 0 Å². The van der Waals surface area contributed by atoms with Crippen molar-refractivity contribution in [3.05, 3.63) is 82.5 Å².